The number of hydrogen-bond donors (Lipinski definition) is 0. The molecular weight excluding hydrogens is 310 g/mol. The van der Waals surface area contributed by atoms with Crippen LogP contribution in [0.15, 0.2) is 53.0 Å². The molecule has 2 aromatic rings. The average molecular weight is 322 g/mol. The van der Waals surface area contributed by atoms with Crippen LogP contribution in [-0.4, -0.2) is 4.92 Å². The zero-order valence-electron chi connectivity index (χ0n) is 10.1. The lowest BCUT2D eigenvalue weighted by molar-refractivity contribution is -0.385. The van der Waals surface area contributed by atoms with E-state index in [1.807, 2.05) is 36.4 Å². The lowest BCUT2D eigenvalue weighted by Crippen LogP contribution is -1.97. The van der Waals surface area contributed by atoms with Gasteiger partial charge in [-0.15, -0.1) is 0 Å². The average Bonchev–Trinajstić information content (AvgIpc) is 2.41. The molecule has 0 fully saturated rings. The molecule has 98 valence electrons. The fourth-order valence-corrected chi connectivity index (χ4v) is 2.20. The third-order valence-corrected chi connectivity index (χ3v) is 3.54. The van der Waals surface area contributed by atoms with E-state index in [2.05, 4.69) is 15.9 Å². The van der Waals surface area contributed by atoms with E-state index in [0.717, 1.165) is 11.1 Å². The predicted octanol–water partition coefficient (Wildman–Crippen LogP) is 4.07. The number of hydrogen-bond acceptors (Lipinski definition) is 3. The third-order valence-electron chi connectivity index (χ3n) is 2.62. The first kappa shape index (κ1) is 13.7. The van der Waals surface area contributed by atoms with Crippen molar-refractivity contribution in [2.24, 2.45) is 0 Å². The predicted molar refractivity (Wildman–Crippen MR) is 75.7 cm³/mol. The zero-order valence-corrected chi connectivity index (χ0v) is 11.7. The summed E-state index contributed by atoms with van der Waals surface area (Å²) in [7, 11) is 0. The fraction of sp³-hybridized carbons (Fsp3) is 0.143. The Bertz CT molecular complexity index is 572. The van der Waals surface area contributed by atoms with Crippen LogP contribution in [0.2, 0.25) is 0 Å². The molecule has 2 aromatic carbocycles. The molecule has 0 aromatic heterocycles. The van der Waals surface area contributed by atoms with Gasteiger partial charge in [-0.05, 0) is 27.1 Å². The Labute approximate surface area is 119 Å². The van der Waals surface area contributed by atoms with E-state index in [1.54, 1.807) is 6.07 Å². The maximum Gasteiger partial charge on any atom is 0.283 e. The van der Waals surface area contributed by atoms with E-state index >= 15 is 0 Å². The number of nitrogens with zero attached hydrogens (tertiary/aromatic N) is 1. The van der Waals surface area contributed by atoms with Gasteiger partial charge >= 0.3 is 0 Å². The standard InChI is InChI=1S/C14H12BrNO3/c15-14-12(7-4-8-13(14)16(17)18)10-19-9-11-5-2-1-3-6-11/h1-8H,9-10H2. The quantitative estimate of drug-likeness (QED) is 0.616. The topological polar surface area (TPSA) is 52.4 Å². The first-order valence-corrected chi connectivity index (χ1v) is 6.51. The lowest BCUT2D eigenvalue weighted by Gasteiger charge is -2.06. The van der Waals surface area contributed by atoms with Crippen LogP contribution in [0.4, 0.5) is 5.69 Å². The number of ether oxygens (including phenoxy) is 1. The van der Waals surface area contributed by atoms with Crippen molar-refractivity contribution in [1.29, 1.82) is 0 Å². The van der Waals surface area contributed by atoms with Crippen LogP contribution in [0.5, 0.6) is 0 Å². The number of nitro benzene ring substituents is 1. The SMILES string of the molecule is O=[N+]([O-])c1cccc(COCc2ccccc2)c1Br. The highest BCUT2D eigenvalue weighted by atomic mass is 79.9. The molecule has 0 radical (unpaired) electrons. The van der Waals surface area contributed by atoms with Gasteiger partial charge in [0.2, 0.25) is 0 Å². The van der Waals surface area contributed by atoms with E-state index in [9.17, 15) is 10.1 Å². The number of nitro groups is 1. The summed E-state index contributed by atoms with van der Waals surface area (Å²) in [5.41, 5.74) is 1.90. The summed E-state index contributed by atoms with van der Waals surface area (Å²) < 4.78 is 6.05. The molecule has 0 atom stereocenters. The van der Waals surface area contributed by atoms with Crippen LogP contribution < -0.4 is 0 Å². The number of benzene rings is 2. The highest BCUT2D eigenvalue weighted by molar-refractivity contribution is 9.10. The van der Waals surface area contributed by atoms with Gasteiger partial charge in [-0.25, -0.2) is 0 Å². The second kappa shape index (κ2) is 6.45. The monoisotopic (exact) mass is 321 g/mol. The molecule has 0 heterocycles. The van der Waals surface area contributed by atoms with Crippen molar-refractivity contribution >= 4 is 21.6 Å². The van der Waals surface area contributed by atoms with Crippen molar-refractivity contribution in [3.8, 4) is 0 Å². The summed E-state index contributed by atoms with van der Waals surface area (Å²) in [6.07, 6.45) is 0. The van der Waals surface area contributed by atoms with E-state index in [-0.39, 0.29) is 5.69 Å². The summed E-state index contributed by atoms with van der Waals surface area (Å²) in [5, 5.41) is 10.8. The van der Waals surface area contributed by atoms with Gasteiger partial charge in [0.1, 0.15) is 4.47 Å². The van der Waals surface area contributed by atoms with Crippen molar-refractivity contribution in [2.45, 2.75) is 13.2 Å². The normalized spacial score (nSPS) is 10.4. The molecule has 0 aliphatic rings. The number of halogens is 1. The molecule has 19 heavy (non-hydrogen) atoms. The molecule has 0 N–H and O–H groups in total. The van der Waals surface area contributed by atoms with Gasteiger partial charge in [-0.3, -0.25) is 10.1 Å². The van der Waals surface area contributed by atoms with Gasteiger partial charge in [-0.1, -0.05) is 42.5 Å². The highest BCUT2D eigenvalue weighted by Gasteiger charge is 2.14. The lowest BCUT2D eigenvalue weighted by atomic mass is 10.2. The zero-order chi connectivity index (χ0) is 13.7. The second-order valence-electron chi connectivity index (χ2n) is 3.99. The van der Waals surface area contributed by atoms with Gasteiger partial charge in [0, 0.05) is 6.07 Å². The Balaban J connectivity index is 2.00. The van der Waals surface area contributed by atoms with Gasteiger partial charge in [-0.2, -0.15) is 0 Å². The largest absolute Gasteiger partial charge is 0.372 e. The Morgan fingerprint density at radius 1 is 1.05 bits per heavy atom. The summed E-state index contributed by atoms with van der Waals surface area (Å²) in [5.74, 6) is 0. The third kappa shape index (κ3) is 3.62. The van der Waals surface area contributed by atoms with Crippen LogP contribution in [0, 0.1) is 10.1 Å². The van der Waals surface area contributed by atoms with Crippen molar-refractivity contribution in [3.05, 3.63) is 74.2 Å². The van der Waals surface area contributed by atoms with E-state index in [4.69, 9.17) is 4.74 Å². The Hall–Kier alpha value is -1.72. The summed E-state index contributed by atoms with van der Waals surface area (Å²) in [6, 6.07) is 14.7. The minimum atomic E-state index is -0.412. The molecule has 0 aliphatic carbocycles. The molecule has 5 heteroatoms. The van der Waals surface area contributed by atoms with Crippen LogP contribution >= 0.6 is 15.9 Å². The molecule has 0 bridgehead atoms. The molecule has 0 amide bonds. The van der Waals surface area contributed by atoms with Crippen molar-refractivity contribution in [2.75, 3.05) is 0 Å². The molecule has 0 spiro atoms. The molecule has 0 saturated carbocycles. The molecule has 0 unspecified atom stereocenters. The van der Waals surface area contributed by atoms with Crippen molar-refractivity contribution in [3.63, 3.8) is 0 Å². The maximum atomic E-state index is 10.8. The molecule has 4 nitrogen and oxygen atoms in total. The van der Waals surface area contributed by atoms with E-state index in [0.29, 0.717) is 17.7 Å². The van der Waals surface area contributed by atoms with Crippen LogP contribution in [0.3, 0.4) is 0 Å². The van der Waals surface area contributed by atoms with Gasteiger partial charge in [0.05, 0.1) is 18.1 Å². The van der Waals surface area contributed by atoms with Gasteiger partial charge in [0.15, 0.2) is 0 Å². The van der Waals surface area contributed by atoms with E-state index in [1.165, 1.54) is 6.07 Å². The van der Waals surface area contributed by atoms with Crippen molar-refractivity contribution in [1.82, 2.24) is 0 Å². The Morgan fingerprint density at radius 3 is 2.47 bits per heavy atom. The highest BCUT2D eigenvalue weighted by Crippen LogP contribution is 2.28. The van der Waals surface area contributed by atoms with Crippen LogP contribution in [0.25, 0.3) is 0 Å². The summed E-state index contributed by atoms with van der Waals surface area (Å²) in [4.78, 5) is 10.4. The minimum Gasteiger partial charge on any atom is -0.372 e. The minimum absolute atomic E-state index is 0.0563. The summed E-state index contributed by atoms with van der Waals surface area (Å²) >= 11 is 3.25. The Kier molecular flexibility index (Phi) is 4.65. The summed E-state index contributed by atoms with van der Waals surface area (Å²) in [6.45, 7) is 0.813. The smallest absolute Gasteiger partial charge is 0.283 e. The molecule has 0 aliphatic heterocycles. The Morgan fingerprint density at radius 2 is 1.79 bits per heavy atom. The molecule has 2 rings (SSSR count). The van der Waals surface area contributed by atoms with E-state index < -0.39 is 4.92 Å². The number of rotatable bonds is 5. The first-order chi connectivity index (χ1) is 9.18. The van der Waals surface area contributed by atoms with Gasteiger partial charge < -0.3 is 4.74 Å². The van der Waals surface area contributed by atoms with Gasteiger partial charge in [0.25, 0.3) is 5.69 Å². The first-order valence-electron chi connectivity index (χ1n) is 5.72. The van der Waals surface area contributed by atoms with Crippen molar-refractivity contribution < 1.29 is 9.66 Å². The van der Waals surface area contributed by atoms with Crippen LogP contribution in [0.1, 0.15) is 11.1 Å². The molecule has 0 saturated heterocycles. The maximum absolute atomic E-state index is 10.8. The fourth-order valence-electron chi connectivity index (χ4n) is 1.67. The van der Waals surface area contributed by atoms with Crippen LogP contribution in [-0.2, 0) is 18.0 Å². The second-order valence-corrected chi connectivity index (χ2v) is 4.78. The molecular formula is C14H12BrNO3.